The van der Waals surface area contributed by atoms with Gasteiger partial charge in [0.05, 0.1) is 11.5 Å². The van der Waals surface area contributed by atoms with Crippen molar-refractivity contribution in [1.82, 2.24) is 0 Å². The summed E-state index contributed by atoms with van der Waals surface area (Å²) in [7, 11) is 0. The molecular weight excluding hydrogens is 190 g/mol. The smallest absolute Gasteiger partial charge is 0.265 e. The number of rotatable bonds is 4. The quantitative estimate of drug-likeness (QED) is 0.424. The molecule has 0 fully saturated rings. The molecule has 0 unspecified atom stereocenters. The van der Waals surface area contributed by atoms with Crippen molar-refractivity contribution >= 4 is 11.9 Å². The highest BCUT2D eigenvalue weighted by Crippen LogP contribution is 2.21. The van der Waals surface area contributed by atoms with Crippen LogP contribution in [0.4, 0.5) is 0 Å². The van der Waals surface area contributed by atoms with Crippen LogP contribution in [0.2, 0.25) is 0 Å². The van der Waals surface area contributed by atoms with Crippen molar-refractivity contribution in [3.8, 4) is 5.75 Å². The van der Waals surface area contributed by atoms with Crippen LogP contribution in [-0.2, 0) is 0 Å². The largest absolute Gasteiger partial charge is 0.494 e. The number of nitro groups is 1. The molecule has 4 nitrogen and oxygen atoms in total. The maximum absolute atomic E-state index is 10.1. The third-order valence-corrected chi connectivity index (χ3v) is 1.95. The number of nitrogens with zero attached hydrogens (tertiary/aromatic N) is 1. The summed E-state index contributed by atoms with van der Waals surface area (Å²) >= 11 is 0.592. The van der Waals surface area contributed by atoms with Crippen LogP contribution < -0.4 is 4.74 Å². The third kappa shape index (κ3) is 3.33. The van der Waals surface area contributed by atoms with Gasteiger partial charge in [-0.15, -0.1) is 0 Å². The molecular formula is C8H9NO3S. The monoisotopic (exact) mass is 199 g/mol. The van der Waals surface area contributed by atoms with Crippen molar-refractivity contribution in [2.75, 3.05) is 6.61 Å². The van der Waals surface area contributed by atoms with E-state index in [0.717, 1.165) is 5.75 Å². The number of hydrogen-bond acceptors (Lipinski definition) is 4. The fourth-order valence-corrected chi connectivity index (χ4v) is 1.28. The highest BCUT2D eigenvalue weighted by Gasteiger charge is 2.04. The summed E-state index contributed by atoms with van der Waals surface area (Å²) in [6.07, 6.45) is 0. The van der Waals surface area contributed by atoms with Crippen LogP contribution >= 0.6 is 11.9 Å². The zero-order valence-electron chi connectivity index (χ0n) is 7.10. The van der Waals surface area contributed by atoms with Crippen LogP contribution in [0.15, 0.2) is 29.2 Å². The molecule has 0 saturated carbocycles. The minimum absolute atomic E-state index is 0.435. The van der Waals surface area contributed by atoms with E-state index in [0.29, 0.717) is 23.5 Å². The zero-order valence-corrected chi connectivity index (χ0v) is 7.91. The summed E-state index contributed by atoms with van der Waals surface area (Å²) in [5.74, 6) is 0.732. The normalized spacial score (nSPS) is 9.62. The van der Waals surface area contributed by atoms with Gasteiger partial charge in [-0.3, -0.25) is 10.1 Å². The lowest BCUT2D eigenvalue weighted by Gasteiger charge is -2.01. The number of ether oxygens (including phenoxy) is 1. The van der Waals surface area contributed by atoms with Gasteiger partial charge in [-0.25, -0.2) is 0 Å². The van der Waals surface area contributed by atoms with Gasteiger partial charge in [0.25, 0.3) is 11.9 Å². The molecule has 5 heteroatoms. The molecule has 70 valence electrons. The van der Waals surface area contributed by atoms with E-state index in [-0.39, 0.29) is 0 Å². The van der Waals surface area contributed by atoms with Crippen LogP contribution in [0, 0.1) is 10.1 Å². The van der Waals surface area contributed by atoms with Crippen molar-refractivity contribution in [2.45, 2.75) is 11.8 Å². The Hall–Kier alpha value is -1.23. The van der Waals surface area contributed by atoms with Gasteiger partial charge in [0.1, 0.15) is 10.1 Å². The molecule has 0 aliphatic heterocycles. The molecule has 0 aromatic heterocycles. The molecule has 1 aromatic rings. The van der Waals surface area contributed by atoms with Crippen LogP contribution in [0.25, 0.3) is 0 Å². The zero-order chi connectivity index (χ0) is 9.68. The topological polar surface area (TPSA) is 52.4 Å². The molecule has 0 radical (unpaired) electrons. The molecule has 0 saturated heterocycles. The highest BCUT2D eigenvalue weighted by atomic mass is 32.2. The van der Waals surface area contributed by atoms with Crippen LogP contribution in [0.1, 0.15) is 6.92 Å². The molecule has 0 amide bonds. The first-order chi connectivity index (χ1) is 6.22. The minimum Gasteiger partial charge on any atom is -0.494 e. The fourth-order valence-electron chi connectivity index (χ4n) is 0.849. The third-order valence-electron chi connectivity index (χ3n) is 1.31. The van der Waals surface area contributed by atoms with E-state index < -0.39 is 4.33 Å². The van der Waals surface area contributed by atoms with Gasteiger partial charge in [-0.1, -0.05) is 0 Å². The molecule has 0 aliphatic rings. The average molecular weight is 199 g/mol. The molecule has 1 aromatic carbocycles. The molecule has 0 N–H and O–H groups in total. The second-order valence-electron chi connectivity index (χ2n) is 2.22. The van der Waals surface area contributed by atoms with Crippen molar-refractivity contribution in [1.29, 1.82) is 0 Å². The van der Waals surface area contributed by atoms with Crippen molar-refractivity contribution < 1.29 is 9.07 Å². The predicted molar refractivity (Wildman–Crippen MR) is 50.5 cm³/mol. The second kappa shape index (κ2) is 4.71. The molecule has 0 atom stereocenters. The summed E-state index contributed by atoms with van der Waals surface area (Å²) < 4.78 is 4.75. The van der Waals surface area contributed by atoms with Gasteiger partial charge < -0.3 is 4.74 Å². The Morgan fingerprint density at radius 2 is 2.08 bits per heavy atom. The van der Waals surface area contributed by atoms with Crippen molar-refractivity contribution in [3.63, 3.8) is 0 Å². The van der Waals surface area contributed by atoms with Gasteiger partial charge >= 0.3 is 0 Å². The molecule has 0 spiro atoms. The standard InChI is InChI=1S/C8H9NO3S/c1-2-12-7-3-5-8(6-4-7)13-9(10)11/h3-6H,2H2,1H3. The molecule has 13 heavy (non-hydrogen) atoms. The van der Waals surface area contributed by atoms with E-state index in [1.165, 1.54) is 0 Å². The highest BCUT2D eigenvalue weighted by molar-refractivity contribution is 7.93. The molecule has 0 aliphatic carbocycles. The lowest BCUT2D eigenvalue weighted by atomic mass is 10.3. The average Bonchev–Trinajstić information content (AvgIpc) is 2.08. The predicted octanol–water partition coefficient (Wildman–Crippen LogP) is 2.37. The lowest BCUT2D eigenvalue weighted by molar-refractivity contribution is -0.284. The van der Waals surface area contributed by atoms with Crippen molar-refractivity contribution in [2.24, 2.45) is 0 Å². The Balaban J connectivity index is 2.64. The Morgan fingerprint density at radius 1 is 1.46 bits per heavy atom. The van der Waals surface area contributed by atoms with Crippen LogP contribution in [-0.4, -0.2) is 10.9 Å². The number of hydrogen-bond donors (Lipinski definition) is 0. The molecule has 0 heterocycles. The Morgan fingerprint density at radius 3 is 2.54 bits per heavy atom. The van der Waals surface area contributed by atoms with Gasteiger partial charge in [0, 0.05) is 0 Å². The first-order valence-electron chi connectivity index (χ1n) is 3.77. The van der Waals surface area contributed by atoms with E-state index in [1.807, 2.05) is 6.92 Å². The fraction of sp³-hybridized carbons (Fsp3) is 0.250. The maximum Gasteiger partial charge on any atom is 0.265 e. The van der Waals surface area contributed by atoms with E-state index in [4.69, 9.17) is 4.74 Å². The first kappa shape index (κ1) is 9.85. The van der Waals surface area contributed by atoms with Gasteiger partial charge in [-0.2, -0.15) is 0 Å². The van der Waals surface area contributed by atoms with Gasteiger partial charge in [0.15, 0.2) is 0 Å². The second-order valence-corrected chi connectivity index (χ2v) is 3.17. The lowest BCUT2D eigenvalue weighted by Crippen LogP contribution is -1.90. The van der Waals surface area contributed by atoms with E-state index >= 15 is 0 Å². The first-order valence-corrected chi connectivity index (χ1v) is 4.55. The summed E-state index contributed by atoms with van der Waals surface area (Å²) in [5.41, 5.74) is 0. The summed E-state index contributed by atoms with van der Waals surface area (Å²) in [5, 5.41) is 10.1. The van der Waals surface area contributed by atoms with E-state index in [1.54, 1.807) is 24.3 Å². The Labute approximate surface area is 80.2 Å². The summed E-state index contributed by atoms with van der Waals surface area (Å²) in [6, 6.07) is 6.77. The van der Waals surface area contributed by atoms with Crippen LogP contribution in [0.3, 0.4) is 0 Å². The van der Waals surface area contributed by atoms with Crippen LogP contribution in [0.5, 0.6) is 5.75 Å². The summed E-state index contributed by atoms with van der Waals surface area (Å²) in [6.45, 7) is 2.49. The van der Waals surface area contributed by atoms with Gasteiger partial charge in [-0.05, 0) is 31.2 Å². The van der Waals surface area contributed by atoms with E-state index in [9.17, 15) is 10.1 Å². The Kier molecular flexibility index (Phi) is 3.57. The SMILES string of the molecule is CCOc1ccc(S[N+](=O)[O-])cc1. The van der Waals surface area contributed by atoms with Crippen molar-refractivity contribution in [3.05, 3.63) is 34.4 Å². The number of benzene rings is 1. The molecule has 1 rings (SSSR count). The maximum atomic E-state index is 10.1. The van der Waals surface area contributed by atoms with E-state index in [2.05, 4.69) is 0 Å². The van der Waals surface area contributed by atoms with Gasteiger partial charge in [0.2, 0.25) is 0 Å². The minimum atomic E-state index is -0.435. The Bertz CT molecular complexity index is 286. The summed E-state index contributed by atoms with van der Waals surface area (Å²) in [4.78, 5) is 10.7. The molecule has 0 bridgehead atoms.